The molecular formula is C24H25BrN2O6. The van der Waals surface area contributed by atoms with Gasteiger partial charge in [-0.2, -0.15) is 0 Å². The summed E-state index contributed by atoms with van der Waals surface area (Å²) in [5.74, 6) is -2.77. The van der Waals surface area contributed by atoms with Crippen molar-refractivity contribution in [2.24, 2.45) is 0 Å². The van der Waals surface area contributed by atoms with Gasteiger partial charge in [-0.15, -0.1) is 0 Å². The summed E-state index contributed by atoms with van der Waals surface area (Å²) in [6.07, 6.45) is 0.610. The number of aliphatic hydroxyl groups excluding tert-OH is 1. The van der Waals surface area contributed by atoms with Crippen LogP contribution < -0.4 is 0 Å². The van der Waals surface area contributed by atoms with Gasteiger partial charge < -0.3 is 24.7 Å². The molecule has 0 aliphatic carbocycles. The molecule has 2 aromatic rings. The molecule has 0 saturated carbocycles. The van der Waals surface area contributed by atoms with Crippen LogP contribution >= 0.6 is 15.9 Å². The number of nitrogens with zero attached hydrogens (tertiary/aromatic N) is 2. The smallest absolute Gasteiger partial charge is 0.337 e. The van der Waals surface area contributed by atoms with Gasteiger partial charge in [-0.25, -0.2) is 4.79 Å². The average Bonchev–Trinajstić information content (AvgIpc) is 3.04. The monoisotopic (exact) mass is 516 g/mol. The van der Waals surface area contributed by atoms with E-state index in [-0.39, 0.29) is 23.4 Å². The number of ketones is 1. The Morgan fingerprint density at radius 2 is 1.82 bits per heavy atom. The van der Waals surface area contributed by atoms with Gasteiger partial charge in [-0.1, -0.05) is 28.1 Å². The second kappa shape index (κ2) is 10.2. The van der Waals surface area contributed by atoms with Gasteiger partial charge >= 0.3 is 5.97 Å². The summed E-state index contributed by atoms with van der Waals surface area (Å²) >= 11 is 3.29. The molecule has 2 N–H and O–H groups in total. The molecule has 0 bridgehead atoms. The molecule has 1 aliphatic rings. The number of likely N-dealkylation sites (tertiary alicyclic amines) is 1. The molecule has 0 spiro atoms. The maximum absolute atomic E-state index is 13.0. The summed E-state index contributed by atoms with van der Waals surface area (Å²) in [6, 6.07) is 9.89. The van der Waals surface area contributed by atoms with E-state index in [1.807, 2.05) is 19.0 Å². The van der Waals surface area contributed by atoms with Crippen molar-refractivity contribution in [3.05, 3.63) is 69.2 Å². The van der Waals surface area contributed by atoms with Crippen molar-refractivity contribution in [1.29, 1.82) is 0 Å². The Kier molecular flexibility index (Phi) is 7.55. The molecule has 1 unspecified atom stereocenters. The number of aromatic hydroxyl groups is 1. The molecule has 0 aromatic heterocycles. The molecule has 1 amide bonds. The molecule has 2 aromatic carbocycles. The Bertz CT molecular complexity index is 1110. The number of carbonyl (C=O) groups is 3. The number of amides is 1. The van der Waals surface area contributed by atoms with Crippen LogP contribution in [0.2, 0.25) is 0 Å². The Hall–Kier alpha value is -3.17. The molecule has 1 fully saturated rings. The lowest BCUT2D eigenvalue weighted by Gasteiger charge is -2.26. The largest absolute Gasteiger partial charge is 0.507 e. The lowest BCUT2D eigenvalue weighted by molar-refractivity contribution is -0.139. The van der Waals surface area contributed by atoms with Crippen LogP contribution in [0.5, 0.6) is 5.75 Å². The van der Waals surface area contributed by atoms with Crippen molar-refractivity contribution in [2.45, 2.75) is 12.5 Å². The van der Waals surface area contributed by atoms with Gasteiger partial charge in [-0.3, -0.25) is 9.59 Å². The van der Waals surface area contributed by atoms with E-state index in [2.05, 4.69) is 15.9 Å². The zero-order valence-corrected chi connectivity index (χ0v) is 20.1. The molecule has 174 valence electrons. The van der Waals surface area contributed by atoms with E-state index in [1.54, 1.807) is 18.2 Å². The number of Topliss-reactive ketones (excluding diaryl/α,β-unsaturated/α-hetero) is 1. The van der Waals surface area contributed by atoms with Crippen LogP contribution in [0.4, 0.5) is 0 Å². The Labute approximate surface area is 200 Å². The van der Waals surface area contributed by atoms with Gasteiger partial charge in [-0.05, 0) is 63.0 Å². The normalized spacial score (nSPS) is 17.6. The third kappa shape index (κ3) is 5.09. The first-order valence-corrected chi connectivity index (χ1v) is 11.0. The SMILES string of the molecule is COC(=O)c1ccc(C2C(=C(O)c3cc(Br)ccc3O)C(=O)C(=O)N2CCCN(C)C)cc1. The number of esters is 1. The number of hydrogen-bond acceptors (Lipinski definition) is 7. The van der Waals surface area contributed by atoms with Crippen LogP contribution in [-0.2, 0) is 14.3 Å². The van der Waals surface area contributed by atoms with Crippen molar-refractivity contribution in [3.8, 4) is 5.75 Å². The zero-order chi connectivity index (χ0) is 24.3. The number of benzene rings is 2. The zero-order valence-electron chi connectivity index (χ0n) is 18.5. The molecule has 1 aliphatic heterocycles. The summed E-state index contributed by atoms with van der Waals surface area (Å²) < 4.78 is 5.31. The lowest BCUT2D eigenvalue weighted by Crippen LogP contribution is -2.32. The first kappa shape index (κ1) is 24.5. The standard InChI is InChI=1S/C24H25BrN2O6/c1-26(2)11-4-12-27-20(14-5-7-15(8-6-14)24(32)33-3)19(22(30)23(27)31)21(29)17-13-16(25)9-10-18(17)28/h5-10,13,20,28-29H,4,11-12H2,1-3H3. The minimum atomic E-state index is -0.878. The van der Waals surface area contributed by atoms with Crippen LogP contribution in [0, 0.1) is 0 Å². The van der Waals surface area contributed by atoms with Crippen LogP contribution in [-0.4, -0.2) is 72.0 Å². The predicted octanol–water partition coefficient (Wildman–Crippen LogP) is 3.31. The maximum Gasteiger partial charge on any atom is 0.337 e. The molecule has 1 saturated heterocycles. The van der Waals surface area contributed by atoms with Crippen LogP contribution in [0.3, 0.4) is 0 Å². The topological polar surface area (TPSA) is 107 Å². The molecule has 9 heteroatoms. The maximum atomic E-state index is 13.0. The van der Waals surface area contributed by atoms with Crippen LogP contribution in [0.25, 0.3) is 5.76 Å². The summed E-state index contributed by atoms with van der Waals surface area (Å²) in [6.45, 7) is 0.983. The van der Waals surface area contributed by atoms with Crippen molar-refractivity contribution in [1.82, 2.24) is 9.80 Å². The van der Waals surface area contributed by atoms with Crippen molar-refractivity contribution in [2.75, 3.05) is 34.3 Å². The fourth-order valence-corrected chi connectivity index (χ4v) is 4.14. The molecule has 33 heavy (non-hydrogen) atoms. The summed E-state index contributed by atoms with van der Waals surface area (Å²) in [4.78, 5) is 41.2. The summed E-state index contributed by atoms with van der Waals surface area (Å²) in [7, 11) is 5.10. The van der Waals surface area contributed by atoms with Crippen LogP contribution in [0.15, 0.2) is 52.5 Å². The van der Waals surface area contributed by atoms with E-state index in [9.17, 15) is 24.6 Å². The van der Waals surface area contributed by atoms with E-state index in [4.69, 9.17) is 4.74 Å². The first-order chi connectivity index (χ1) is 15.6. The van der Waals surface area contributed by atoms with Crippen molar-refractivity contribution < 1.29 is 29.3 Å². The van der Waals surface area contributed by atoms with Gasteiger partial charge in [0, 0.05) is 11.0 Å². The second-order valence-electron chi connectivity index (χ2n) is 7.92. The van der Waals surface area contributed by atoms with Gasteiger partial charge in [0.15, 0.2) is 0 Å². The van der Waals surface area contributed by atoms with E-state index in [1.165, 1.54) is 36.3 Å². The van der Waals surface area contributed by atoms with Crippen molar-refractivity contribution >= 4 is 39.3 Å². The van der Waals surface area contributed by atoms with Crippen molar-refractivity contribution in [3.63, 3.8) is 0 Å². The highest BCUT2D eigenvalue weighted by atomic mass is 79.9. The highest BCUT2D eigenvalue weighted by Crippen LogP contribution is 2.41. The molecule has 3 rings (SSSR count). The molecular weight excluding hydrogens is 492 g/mol. The number of ether oxygens (including phenoxy) is 1. The number of phenols is 1. The number of aliphatic hydroxyl groups is 1. The fourth-order valence-electron chi connectivity index (χ4n) is 3.78. The van der Waals surface area contributed by atoms with E-state index in [0.717, 1.165) is 0 Å². The quantitative estimate of drug-likeness (QED) is 0.251. The Balaban J connectivity index is 2.13. The third-order valence-corrected chi connectivity index (χ3v) is 5.90. The first-order valence-electron chi connectivity index (χ1n) is 10.3. The average molecular weight is 517 g/mol. The minimum absolute atomic E-state index is 0.0341. The highest BCUT2D eigenvalue weighted by molar-refractivity contribution is 9.10. The number of halogens is 1. The van der Waals surface area contributed by atoms with E-state index in [0.29, 0.717) is 28.6 Å². The third-order valence-electron chi connectivity index (χ3n) is 5.41. The highest BCUT2D eigenvalue weighted by Gasteiger charge is 2.46. The van der Waals surface area contributed by atoms with Gasteiger partial charge in [0.2, 0.25) is 0 Å². The number of rotatable bonds is 7. The Morgan fingerprint density at radius 1 is 1.15 bits per heavy atom. The van der Waals surface area contributed by atoms with Crippen LogP contribution in [0.1, 0.15) is 33.9 Å². The molecule has 1 heterocycles. The predicted molar refractivity (Wildman–Crippen MR) is 126 cm³/mol. The number of carbonyl (C=O) groups excluding carboxylic acids is 3. The molecule has 0 radical (unpaired) electrons. The van der Waals surface area contributed by atoms with E-state index < -0.39 is 29.5 Å². The molecule has 1 atom stereocenters. The summed E-state index contributed by atoms with van der Waals surface area (Å²) in [5.41, 5.74) is 0.772. The number of phenolic OH excluding ortho intramolecular Hbond substituents is 1. The summed E-state index contributed by atoms with van der Waals surface area (Å²) in [5, 5.41) is 21.4. The second-order valence-corrected chi connectivity index (χ2v) is 8.84. The van der Waals surface area contributed by atoms with Gasteiger partial charge in [0.25, 0.3) is 11.7 Å². The molecule has 8 nitrogen and oxygen atoms in total. The number of hydrogen-bond donors (Lipinski definition) is 2. The van der Waals surface area contributed by atoms with E-state index >= 15 is 0 Å². The number of methoxy groups -OCH3 is 1. The minimum Gasteiger partial charge on any atom is -0.507 e. The van der Waals surface area contributed by atoms with Gasteiger partial charge in [0.05, 0.1) is 29.9 Å². The fraction of sp³-hybridized carbons (Fsp3) is 0.292. The lowest BCUT2D eigenvalue weighted by atomic mass is 9.94. The Morgan fingerprint density at radius 3 is 2.42 bits per heavy atom. The van der Waals surface area contributed by atoms with Gasteiger partial charge in [0.1, 0.15) is 11.5 Å².